The third-order valence-electron chi connectivity index (χ3n) is 4.61. The molecule has 0 fully saturated rings. The van der Waals surface area contributed by atoms with E-state index in [1.807, 2.05) is 61.5 Å². The van der Waals surface area contributed by atoms with Crippen LogP contribution in [0, 0.1) is 6.92 Å². The van der Waals surface area contributed by atoms with E-state index in [1.54, 1.807) is 4.90 Å². The molecule has 0 atom stereocenters. The fourth-order valence-corrected chi connectivity index (χ4v) is 4.23. The molecule has 0 saturated carbocycles. The Morgan fingerprint density at radius 3 is 2.67 bits per heavy atom. The van der Waals surface area contributed by atoms with Gasteiger partial charge in [-0.15, -0.1) is 11.3 Å². The third kappa shape index (κ3) is 3.48. The van der Waals surface area contributed by atoms with E-state index >= 15 is 0 Å². The second-order valence-electron chi connectivity index (χ2n) is 6.41. The molecule has 1 N–H and O–H groups in total. The number of nitrogens with one attached hydrogen (secondary N) is 1. The normalized spacial score (nSPS) is 12.7. The number of thiazole rings is 1. The van der Waals surface area contributed by atoms with E-state index in [0.29, 0.717) is 17.1 Å². The minimum absolute atomic E-state index is 0.0226. The Balaban J connectivity index is 1.43. The van der Waals surface area contributed by atoms with E-state index in [1.165, 1.54) is 16.9 Å². The molecule has 2 aromatic carbocycles. The van der Waals surface area contributed by atoms with Gasteiger partial charge in [-0.05, 0) is 25.0 Å². The molecule has 0 radical (unpaired) electrons. The zero-order valence-electron chi connectivity index (χ0n) is 14.9. The van der Waals surface area contributed by atoms with Gasteiger partial charge in [-0.25, -0.2) is 4.98 Å². The summed E-state index contributed by atoms with van der Waals surface area (Å²) in [5.41, 5.74) is 3.77. The largest absolute Gasteiger partial charge is 0.342 e. The lowest BCUT2D eigenvalue weighted by atomic mass is 10.2. The predicted molar refractivity (Wildman–Crippen MR) is 107 cm³/mol. The molecule has 2 amide bonds. The molecule has 3 aromatic rings. The number of hydrogen-bond acceptors (Lipinski definition) is 4. The average molecular weight is 377 g/mol. The highest BCUT2D eigenvalue weighted by molar-refractivity contribution is 7.17. The van der Waals surface area contributed by atoms with Crippen LogP contribution in [0.3, 0.4) is 0 Å². The molecular weight excluding hydrogens is 358 g/mol. The van der Waals surface area contributed by atoms with E-state index in [0.717, 1.165) is 22.7 Å². The highest BCUT2D eigenvalue weighted by Crippen LogP contribution is 2.28. The zero-order chi connectivity index (χ0) is 18.8. The standard InChI is InChI=1S/C21H19N3O2S/c1-14-19(27-21(23-14)16-8-3-2-4-9-16)20(26)22-13-18(25)24-12-11-15-7-5-6-10-17(15)24/h2-10H,11-13H2,1H3,(H,22,26). The summed E-state index contributed by atoms with van der Waals surface area (Å²) in [5, 5.41) is 3.56. The molecule has 136 valence electrons. The Morgan fingerprint density at radius 2 is 1.85 bits per heavy atom. The number of fused-ring (bicyclic) bond motifs is 1. The molecule has 6 heteroatoms. The highest BCUT2D eigenvalue weighted by atomic mass is 32.1. The minimum atomic E-state index is -0.256. The number of aryl methyl sites for hydroxylation is 1. The number of aromatic nitrogens is 1. The quantitative estimate of drug-likeness (QED) is 0.758. The van der Waals surface area contributed by atoms with Gasteiger partial charge in [-0.1, -0.05) is 48.5 Å². The Labute approximate surface area is 161 Å². The predicted octanol–water partition coefficient (Wildman–Crippen LogP) is 3.44. The number of hydrogen-bond donors (Lipinski definition) is 1. The van der Waals surface area contributed by atoms with Gasteiger partial charge in [0, 0.05) is 17.8 Å². The Hall–Kier alpha value is -2.99. The van der Waals surface area contributed by atoms with Crippen molar-refractivity contribution in [2.24, 2.45) is 0 Å². The molecule has 0 unspecified atom stereocenters. The van der Waals surface area contributed by atoms with Gasteiger partial charge in [0.15, 0.2) is 0 Å². The number of carbonyl (C=O) groups excluding carboxylic acids is 2. The fourth-order valence-electron chi connectivity index (χ4n) is 3.24. The van der Waals surface area contributed by atoms with Crippen molar-refractivity contribution >= 4 is 28.8 Å². The molecule has 0 spiro atoms. The maximum atomic E-state index is 12.6. The van der Waals surface area contributed by atoms with Crippen molar-refractivity contribution in [1.29, 1.82) is 0 Å². The molecule has 1 aliphatic heterocycles. The van der Waals surface area contributed by atoms with Crippen LogP contribution in [0.2, 0.25) is 0 Å². The van der Waals surface area contributed by atoms with Gasteiger partial charge in [0.2, 0.25) is 5.91 Å². The number of carbonyl (C=O) groups is 2. The average Bonchev–Trinajstić information content (AvgIpc) is 3.30. The van der Waals surface area contributed by atoms with Crippen molar-refractivity contribution in [3.63, 3.8) is 0 Å². The molecule has 1 aliphatic rings. The summed E-state index contributed by atoms with van der Waals surface area (Å²) >= 11 is 1.35. The van der Waals surface area contributed by atoms with Crippen LogP contribution in [-0.4, -0.2) is 29.9 Å². The summed E-state index contributed by atoms with van der Waals surface area (Å²) in [4.78, 5) is 31.9. The first-order valence-corrected chi connectivity index (χ1v) is 9.64. The van der Waals surface area contributed by atoms with Gasteiger partial charge in [0.25, 0.3) is 5.91 Å². The minimum Gasteiger partial charge on any atom is -0.342 e. The van der Waals surface area contributed by atoms with Crippen molar-refractivity contribution in [3.05, 3.63) is 70.7 Å². The van der Waals surface area contributed by atoms with Gasteiger partial charge in [-0.3, -0.25) is 9.59 Å². The van der Waals surface area contributed by atoms with E-state index < -0.39 is 0 Å². The van der Waals surface area contributed by atoms with E-state index in [-0.39, 0.29) is 18.4 Å². The third-order valence-corrected chi connectivity index (χ3v) is 5.82. The van der Waals surface area contributed by atoms with Gasteiger partial charge >= 0.3 is 0 Å². The summed E-state index contributed by atoms with van der Waals surface area (Å²) < 4.78 is 0. The van der Waals surface area contributed by atoms with Crippen LogP contribution in [0.4, 0.5) is 5.69 Å². The fraction of sp³-hybridized carbons (Fsp3) is 0.190. The first kappa shape index (κ1) is 17.4. The van der Waals surface area contributed by atoms with Crippen LogP contribution >= 0.6 is 11.3 Å². The van der Waals surface area contributed by atoms with Crippen LogP contribution in [0.5, 0.6) is 0 Å². The van der Waals surface area contributed by atoms with Crippen molar-refractivity contribution < 1.29 is 9.59 Å². The number of amides is 2. The number of benzene rings is 2. The van der Waals surface area contributed by atoms with E-state index in [4.69, 9.17) is 0 Å². The molecule has 1 aromatic heterocycles. The second-order valence-corrected chi connectivity index (χ2v) is 7.41. The van der Waals surface area contributed by atoms with Crippen molar-refractivity contribution in [3.8, 4) is 10.6 Å². The lowest BCUT2D eigenvalue weighted by molar-refractivity contribution is -0.117. The molecule has 0 saturated heterocycles. The highest BCUT2D eigenvalue weighted by Gasteiger charge is 2.25. The lowest BCUT2D eigenvalue weighted by Crippen LogP contribution is -2.39. The molecule has 27 heavy (non-hydrogen) atoms. The topological polar surface area (TPSA) is 62.3 Å². The summed E-state index contributed by atoms with van der Waals surface area (Å²) in [6.07, 6.45) is 0.851. The first-order chi connectivity index (χ1) is 13.1. The van der Waals surface area contributed by atoms with Crippen LogP contribution in [0.25, 0.3) is 10.6 Å². The number of nitrogens with zero attached hydrogens (tertiary/aromatic N) is 2. The van der Waals surface area contributed by atoms with Gasteiger partial charge < -0.3 is 10.2 Å². The van der Waals surface area contributed by atoms with E-state index in [2.05, 4.69) is 10.3 Å². The molecule has 0 bridgehead atoms. The van der Waals surface area contributed by atoms with Crippen LogP contribution in [0.15, 0.2) is 54.6 Å². The van der Waals surface area contributed by atoms with Gasteiger partial charge in [0.1, 0.15) is 9.88 Å². The zero-order valence-corrected chi connectivity index (χ0v) is 15.8. The van der Waals surface area contributed by atoms with E-state index in [9.17, 15) is 9.59 Å². The SMILES string of the molecule is Cc1nc(-c2ccccc2)sc1C(=O)NCC(=O)N1CCc2ccccc21. The summed E-state index contributed by atoms with van der Waals surface area (Å²) in [6.45, 7) is 2.45. The Morgan fingerprint density at radius 1 is 1.11 bits per heavy atom. The molecule has 5 nitrogen and oxygen atoms in total. The molecule has 4 rings (SSSR count). The number of rotatable bonds is 4. The number of para-hydroxylation sites is 1. The molecule has 0 aliphatic carbocycles. The Bertz CT molecular complexity index is 998. The lowest BCUT2D eigenvalue weighted by Gasteiger charge is -2.17. The van der Waals surface area contributed by atoms with Crippen LogP contribution in [0.1, 0.15) is 20.9 Å². The second kappa shape index (κ2) is 7.32. The molecular formula is C21H19N3O2S. The van der Waals surface area contributed by atoms with Crippen molar-refractivity contribution in [2.45, 2.75) is 13.3 Å². The molecule has 2 heterocycles. The van der Waals surface area contributed by atoms with Gasteiger partial charge in [-0.2, -0.15) is 0 Å². The van der Waals surface area contributed by atoms with Crippen LogP contribution < -0.4 is 10.2 Å². The first-order valence-electron chi connectivity index (χ1n) is 8.83. The Kier molecular flexibility index (Phi) is 4.73. The van der Waals surface area contributed by atoms with Crippen molar-refractivity contribution in [1.82, 2.24) is 10.3 Å². The smallest absolute Gasteiger partial charge is 0.263 e. The van der Waals surface area contributed by atoms with Crippen LogP contribution in [-0.2, 0) is 11.2 Å². The van der Waals surface area contributed by atoms with Gasteiger partial charge in [0.05, 0.1) is 12.2 Å². The maximum Gasteiger partial charge on any atom is 0.263 e. The van der Waals surface area contributed by atoms with Crippen molar-refractivity contribution in [2.75, 3.05) is 18.0 Å². The summed E-state index contributed by atoms with van der Waals surface area (Å²) in [7, 11) is 0. The number of anilines is 1. The maximum absolute atomic E-state index is 12.6. The summed E-state index contributed by atoms with van der Waals surface area (Å²) in [6, 6.07) is 17.6. The monoisotopic (exact) mass is 377 g/mol. The summed E-state index contributed by atoms with van der Waals surface area (Å²) in [5.74, 6) is -0.355.